The molecule has 0 spiro atoms. The van der Waals surface area contributed by atoms with E-state index in [0.29, 0.717) is 0 Å². The standard InChI is InChI=1S/C32H38N4.Ni/c1-9-21-17(5)25-13-26-18(6)23(11-3)31(34-26)16-32-24(12-4)20(8)28(36-32)15-30-22(10-2)19(7)27(35-30)14-29(21)33-25;/h13-16,33,36H,9-12H2,1-8H3;. The Labute approximate surface area is 230 Å². The van der Waals surface area contributed by atoms with Crippen molar-refractivity contribution < 1.29 is 16.5 Å². The van der Waals surface area contributed by atoms with Crippen molar-refractivity contribution in [2.75, 3.05) is 0 Å². The van der Waals surface area contributed by atoms with E-state index in [1.807, 2.05) is 0 Å². The van der Waals surface area contributed by atoms with Crippen LogP contribution in [0.3, 0.4) is 0 Å². The number of hydrogen-bond acceptors (Lipinski definition) is 2. The Morgan fingerprint density at radius 3 is 1.24 bits per heavy atom. The number of nitrogens with one attached hydrogen (secondary N) is 2. The molecular formula is C32H38N4Ni. The Morgan fingerprint density at radius 1 is 0.514 bits per heavy atom. The summed E-state index contributed by atoms with van der Waals surface area (Å²) in [5.41, 5.74) is 19.3. The number of aryl methyl sites for hydroxylation is 4. The zero-order chi connectivity index (χ0) is 25.7. The van der Waals surface area contributed by atoms with Crippen molar-refractivity contribution in [1.29, 1.82) is 0 Å². The molecule has 2 aliphatic rings. The Balaban J connectivity index is 0.00000320. The molecule has 0 saturated carbocycles. The SMILES string of the molecule is CCC1=C(C)c2cc3[nH]c(cc4nc(cc5[nH]c(cc1n2)c(C)c5CC)C(CC)=C4C)c(C)c3CC.[Ni]. The quantitative estimate of drug-likeness (QED) is 0.327. The summed E-state index contributed by atoms with van der Waals surface area (Å²) in [5, 5.41) is 0. The van der Waals surface area contributed by atoms with Crippen molar-refractivity contribution in [2.24, 2.45) is 0 Å². The van der Waals surface area contributed by atoms with Gasteiger partial charge in [0.05, 0.1) is 22.8 Å². The van der Waals surface area contributed by atoms with Gasteiger partial charge in [0.1, 0.15) is 0 Å². The van der Waals surface area contributed by atoms with Gasteiger partial charge < -0.3 is 9.97 Å². The van der Waals surface area contributed by atoms with Crippen LogP contribution in [0.25, 0.3) is 44.4 Å². The van der Waals surface area contributed by atoms with Crippen LogP contribution in [0.15, 0.2) is 24.3 Å². The Kier molecular flexibility index (Phi) is 7.67. The molecule has 5 heterocycles. The molecule has 3 aromatic rings. The summed E-state index contributed by atoms with van der Waals surface area (Å²) in [4.78, 5) is 17.7. The van der Waals surface area contributed by atoms with Gasteiger partial charge in [-0.25, -0.2) is 9.97 Å². The van der Waals surface area contributed by atoms with Gasteiger partial charge in [0.2, 0.25) is 0 Å². The van der Waals surface area contributed by atoms with E-state index in [4.69, 9.17) is 9.97 Å². The summed E-state index contributed by atoms with van der Waals surface area (Å²) < 4.78 is 0. The number of allylic oxidation sites excluding steroid dienone is 4. The number of aromatic amines is 2. The van der Waals surface area contributed by atoms with Crippen LogP contribution in [0, 0.1) is 13.8 Å². The fourth-order valence-electron chi connectivity index (χ4n) is 6.02. The molecule has 4 nitrogen and oxygen atoms in total. The van der Waals surface area contributed by atoms with Crippen molar-refractivity contribution in [3.63, 3.8) is 0 Å². The van der Waals surface area contributed by atoms with Crippen LogP contribution in [0.1, 0.15) is 99.4 Å². The van der Waals surface area contributed by atoms with Crippen molar-refractivity contribution in [2.45, 2.75) is 81.1 Å². The minimum absolute atomic E-state index is 0. The minimum atomic E-state index is 0. The minimum Gasteiger partial charge on any atom is -0.355 e. The molecule has 196 valence electrons. The second-order valence-electron chi connectivity index (χ2n) is 10.1. The van der Waals surface area contributed by atoms with Crippen molar-refractivity contribution in [3.05, 3.63) is 69.3 Å². The number of hydrogen-bond donors (Lipinski definition) is 2. The largest absolute Gasteiger partial charge is 0.355 e. The first-order valence-corrected chi connectivity index (χ1v) is 13.4. The average Bonchev–Trinajstić information content (AvgIpc) is 3.51. The third kappa shape index (κ3) is 4.42. The molecule has 37 heavy (non-hydrogen) atoms. The zero-order valence-electron chi connectivity index (χ0n) is 23.3. The average molecular weight is 537 g/mol. The Hall–Kier alpha value is -2.91. The maximum Gasteiger partial charge on any atom is 0.0693 e. The molecule has 5 heteroatoms. The summed E-state index contributed by atoms with van der Waals surface area (Å²) in [5.74, 6) is 0. The van der Waals surface area contributed by atoms with E-state index in [-0.39, 0.29) is 16.5 Å². The summed E-state index contributed by atoms with van der Waals surface area (Å²) >= 11 is 0. The smallest absolute Gasteiger partial charge is 0.0693 e. The fraction of sp³-hybridized carbons (Fsp3) is 0.375. The molecule has 2 N–H and O–H groups in total. The van der Waals surface area contributed by atoms with Gasteiger partial charge >= 0.3 is 0 Å². The van der Waals surface area contributed by atoms with Gasteiger partial charge in [0.15, 0.2) is 0 Å². The van der Waals surface area contributed by atoms with Crippen molar-refractivity contribution >= 4 is 44.4 Å². The third-order valence-electron chi connectivity index (χ3n) is 8.21. The molecule has 5 rings (SSSR count). The third-order valence-corrected chi connectivity index (χ3v) is 8.21. The van der Waals surface area contributed by atoms with Gasteiger partial charge in [-0.2, -0.15) is 0 Å². The maximum atomic E-state index is 5.15. The van der Waals surface area contributed by atoms with E-state index in [2.05, 4.69) is 89.6 Å². The Morgan fingerprint density at radius 2 is 0.865 bits per heavy atom. The van der Waals surface area contributed by atoms with E-state index in [1.54, 1.807) is 0 Å². The van der Waals surface area contributed by atoms with Gasteiger partial charge in [0, 0.05) is 38.6 Å². The molecular weight excluding hydrogens is 499 g/mol. The molecule has 0 saturated heterocycles. The predicted octanol–water partition coefficient (Wildman–Crippen LogP) is 8.74. The van der Waals surface area contributed by atoms with Crippen LogP contribution >= 0.6 is 0 Å². The first-order valence-electron chi connectivity index (χ1n) is 13.4. The first kappa shape index (κ1) is 27.1. The molecule has 0 aliphatic carbocycles. The van der Waals surface area contributed by atoms with Gasteiger partial charge in [0.25, 0.3) is 0 Å². The van der Waals surface area contributed by atoms with Gasteiger partial charge in [-0.05, 0) is 122 Å². The topological polar surface area (TPSA) is 57.4 Å². The van der Waals surface area contributed by atoms with Crippen LogP contribution in [-0.4, -0.2) is 19.9 Å². The van der Waals surface area contributed by atoms with E-state index in [9.17, 15) is 0 Å². The normalized spacial score (nSPS) is 13.4. The van der Waals surface area contributed by atoms with Crippen LogP contribution < -0.4 is 0 Å². The zero-order valence-corrected chi connectivity index (χ0v) is 24.3. The number of fused-ring (bicyclic) bond motifs is 8. The molecule has 8 bridgehead atoms. The van der Waals surface area contributed by atoms with Gasteiger partial charge in [-0.3, -0.25) is 0 Å². The monoisotopic (exact) mass is 536 g/mol. The molecule has 3 aromatic heterocycles. The molecule has 0 atom stereocenters. The fourth-order valence-corrected chi connectivity index (χ4v) is 6.02. The van der Waals surface area contributed by atoms with Crippen molar-refractivity contribution in [1.82, 2.24) is 19.9 Å². The van der Waals surface area contributed by atoms with E-state index >= 15 is 0 Å². The van der Waals surface area contributed by atoms with Crippen molar-refractivity contribution in [3.8, 4) is 0 Å². The van der Waals surface area contributed by atoms with Crippen LogP contribution in [0.5, 0.6) is 0 Å². The second kappa shape index (κ2) is 10.5. The summed E-state index contributed by atoms with van der Waals surface area (Å²) in [7, 11) is 0. The second-order valence-corrected chi connectivity index (χ2v) is 10.1. The number of rotatable bonds is 4. The summed E-state index contributed by atoms with van der Waals surface area (Å²) in [6.45, 7) is 17.8. The van der Waals surface area contributed by atoms with Gasteiger partial charge in [-0.15, -0.1) is 0 Å². The maximum absolute atomic E-state index is 5.15. The molecule has 0 radical (unpaired) electrons. The van der Waals surface area contributed by atoms with E-state index in [0.717, 1.165) is 70.5 Å². The Bertz CT molecular complexity index is 1610. The van der Waals surface area contributed by atoms with Crippen LogP contribution in [-0.2, 0) is 29.3 Å². The molecule has 0 aromatic carbocycles. The molecule has 0 fully saturated rings. The molecule has 0 unspecified atom stereocenters. The van der Waals surface area contributed by atoms with Crippen LogP contribution in [0.2, 0.25) is 0 Å². The molecule has 0 amide bonds. The molecule has 2 aliphatic heterocycles. The first-order chi connectivity index (χ1) is 17.3. The number of aromatic nitrogens is 4. The van der Waals surface area contributed by atoms with E-state index < -0.39 is 0 Å². The van der Waals surface area contributed by atoms with E-state index in [1.165, 1.54) is 44.5 Å². The number of nitrogens with zero attached hydrogens (tertiary/aromatic N) is 2. The summed E-state index contributed by atoms with van der Waals surface area (Å²) in [6, 6.07) is 8.98. The number of H-pyrrole nitrogens is 2. The summed E-state index contributed by atoms with van der Waals surface area (Å²) in [6.07, 6.45) is 3.86. The van der Waals surface area contributed by atoms with Crippen LogP contribution in [0.4, 0.5) is 0 Å². The van der Waals surface area contributed by atoms with Gasteiger partial charge in [-0.1, -0.05) is 27.7 Å². The predicted molar refractivity (Wildman–Crippen MR) is 155 cm³/mol.